The van der Waals surface area contributed by atoms with Gasteiger partial charge in [0, 0.05) is 23.8 Å². The van der Waals surface area contributed by atoms with E-state index in [1.807, 2.05) is 10.9 Å². The van der Waals surface area contributed by atoms with Gasteiger partial charge >= 0.3 is 0 Å². The molecule has 1 aromatic rings. The minimum atomic E-state index is 0.401. The highest BCUT2D eigenvalue weighted by molar-refractivity contribution is 5.09. The third-order valence-electron chi connectivity index (χ3n) is 2.67. The van der Waals surface area contributed by atoms with Gasteiger partial charge in [-0.3, -0.25) is 4.68 Å². The molecule has 80 valence electrons. The molecule has 1 N–H and O–H groups in total. The molecule has 0 aromatic carbocycles. The van der Waals surface area contributed by atoms with Crippen LogP contribution in [0, 0.1) is 0 Å². The second kappa shape index (κ2) is 5.15. The number of nitrogens with one attached hydrogen (secondary N) is 1. The number of nitrogens with zero attached hydrogens (tertiary/aromatic N) is 2. The van der Waals surface area contributed by atoms with Crippen LogP contribution < -0.4 is 5.32 Å². The summed E-state index contributed by atoms with van der Waals surface area (Å²) in [5, 5.41) is 7.75. The Hall–Kier alpha value is -0.830. The summed E-state index contributed by atoms with van der Waals surface area (Å²) >= 11 is 0. The fourth-order valence-electron chi connectivity index (χ4n) is 1.43. The van der Waals surface area contributed by atoms with E-state index in [-0.39, 0.29) is 0 Å². The van der Waals surface area contributed by atoms with E-state index in [2.05, 4.69) is 44.3 Å². The molecule has 0 bridgehead atoms. The maximum atomic E-state index is 4.37. The molecule has 1 rings (SSSR count). The summed E-state index contributed by atoms with van der Waals surface area (Å²) in [5.41, 5.74) is 1.27. The molecule has 0 saturated carbocycles. The first kappa shape index (κ1) is 11.2. The lowest BCUT2D eigenvalue weighted by atomic mass is 10.2. The first-order valence-electron chi connectivity index (χ1n) is 5.46. The highest BCUT2D eigenvalue weighted by atomic mass is 15.3. The number of hydrogen-bond acceptors (Lipinski definition) is 2. The van der Waals surface area contributed by atoms with Crippen molar-refractivity contribution < 1.29 is 0 Å². The summed E-state index contributed by atoms with van der Waals surface area (Å²) < 4.78 is 2.04. The second-order valence-electron chi connectivity index (χ2n) is 3.79. The van der Waals surface area contributed by atoms with E-state index < -0.39 is 0 Å². The van der Waals surface area contributed by atoms with Gasteiger partial charge < -0.3 is 5.32 Å². The third kappa shape index (κ3) is 2.58. The normalized spacial score (nSPS) is 15.4. The van der Waals surface area contributed by atoms with Gasteiger partial charge in [-0.25, -0.2) is 0 Å². The second-order valence-corrected chi connectivity index (χ2v) is 3.79. The zero-order valence-corrected chi connectivity index (χ0v) is 9.62. The SMILES string of the molecule is CCNC(C)c1cnn(C(C)CC)c1. The zero-order valence-electron chi connectivity index (χ0n) is 9.62. The van der Waals surface area contributed by atoms with Gasteiger partial charge in [0.25, 0.3) is 0 Å². The van der Waals surface area contributed by atoms with Gasteiger partial charge in [-0.2, -0.15) is 5.10 Å². The lowest BCUT2D eigenvalue weighted by molar-refractivity contribution is 0.476. The first-order chi connectivity index (χ1) is 6.69. The van der Waals surface area contributed by atoms with Crippen molar-refractivity contribution in [2.45, 2.75) is 46.2 Å². The van der Waals surface area contributed by atoms with E-state index in [1.165, 1.54) is 5.56 Å². The molecule has 0 aliphatic carbocycles. The molecule has 14 heavy (non-hydrogen) atoms. The van der Waals surface area contributed by atoms with Crippen molar-refractivity contribution in [1.82, 2.24) is 15.1 Å². The molecule has 3 heteroatoms. The van der Waals surface area contributed by atoms with Crippen molar-refractivity contribution in [1.29, 1.82) is 0 Å². The molecular formula is C11H21N3. The van der Waals surface area contributed by atoms with Gasteiger partial charge in [-0.05, 0) is 26.8 Å². The predicted octanol–water partition coefficient (Wildman–Crippen LogP) is 2.52. The van der Waals surface area contributed by atoms with E-state index in [0.717, 1.165) is 13.0 Å². The Morgan fingerprint density at radius 2 is 2.14 bits per heavy atom. The number of rotatable bonds is 5. The Kier molecular flexibility index (Phi) is 4.14. The van der Waals surface area contributed by atoms with Crippen molar-refractivity contribution in [3.8, 4) is 0 Å². The standard InChI is InChI=1S/C11H21N3/c1-5-9(3)14-8-11(7-13-14)10(4)12-6-2/h7-10,12H,5-6H2,1-4H3. The molecule has 2 unspecified atom stereocenters. The Bertz CT molecular complexity index is 267. The van der Waals surface area contributed by atoms with Crippen LogP contribution in [0.1, 0.15) is 51.8 Å². The fourth-order valence-corrected chi connectivity index (χ4v) is 1.43. The summed E-state index contributed by atoms with van der Waals surface area (Å²) in [7, 11) is 0. The number of aromatic nitrogens is 2. The summed E-state index contributed by atoms with van der Waals surface area (Å²) in [6.07, 6.45) is 5.22. The van der Waals surface area contributed by atoms with Crippen LogP contribution in [0.5, 0.6) is 0 Å². The molecule has 0 aliphatic heterocycles. The Morgan fingerprint density at radius 3 is 2.71 bits per heavy atom. The topological polar surface area (TPSA) is 29.9 Å². The number of hydrogen-bond donors (Lipinski definition) is 1. The van der Waals surface area contributed by atoms with Gasteiger partial charge in [0.05, 0.1) is 6.20 Å². The summed E-state index contributed by atoms with van der Waals surface area (Å²) in [5.74, 6) is 0. The van der Waals surface area contributed by atoms with Crippen LogP contribution in [0.2, 0.25) is 0 Å². The Morgan fingerprint density at radius 1 is 1.43 bits per heavy atom. The van der Waals surface area contributed by atoms with Gasteiger partial charge in [0.1, 0.15) is 0 Å². The monoisotopic (exact) mass is 195 g/mol. The molecule has 0 radical (unpaired) electrons. The fraction of sp³-hybridized carbons (Fsp3) is 0.727. The summed E-state index contributed by atoms with van der Waals surface area (Å²) in [6.45, 7) is 9.65. The maximum Gasteiger partial charge on any atom is 0.0537 e. The molecule has 0 spiro atoms. The maximum absolute atomic E-state index is 4.37. The van der Waals surface area contributed by atoms with Crippen molar-refractivity contribution >= 4 is 0 Å². The van der Waals surface area contributed by atoms with Crippen molar-refractivity contribution in [3.05, 3.63) is 18.0 Å². The van der Waals surface area contributed by atoms with Crippen molar-refractivity contribution in [2.24, 2.45) is 0 Å². The summed E-state index contributed by atoms with van der Waals surface area (Å²) in [4.78, 5) is 0. The van der Waals surface area contributed by atoms with Crippen molar-refractivity contribution in [2.75, 3.05) is 6.54 Å². The predicted molar refractivity (Wildman–Crippen MR) is 59.3 cm³/mol. The molecule has 1 aromatic heterocycles. The minimum Gasteiger partial charge on any atom is -0.310 e. The molecule has 3 nitrogen and oxygen atoms in total. The molecular weight excluding hydrogens is 174 g/mol. The zero-order chi connectivity index (χ0) is 10.6. The van der Waals surface area contributed by atoms with Crippen LogP contribution in [0.25, 0.3) is 0 Å². The lowest BCUT2D eigenvalue weighted by Gasteiger charge is -2.10. The van der Waals surface area contributed by atoms with Crippen LogP contribution >= 0.6 is 0 Å². The highest BCUT2D eigenvalue weighted by Gasteiger charge is 2.08. The quantitative estimate of drug-likeness (QED) is 0.782. The van der Waals surface area contributed by atoms with Gasteiger partial charge in [0.15, 0.2) is 0 Å². The average molecular weight is 195 g/mol. The molecule has 2 atom stereocenters. The van der Waals surface area contributed by atoms with E-state index in [1.54, 1.807) is 0 Å². The van der Waals surface area contributed by atoms with Crippen LogP contribution in [-0.2, 0) is 0 Å². The smallest absolute Gasteiger partial charge is 0.0537 e. The molecule has 0 saturated heterocycles. The third-order valence-corrected chi connectivity index (χ3v) is 2.67. The van der Waals surface area contributed by atoms with Crippen molar-refractivity contribution in [3.63, 3.8) is 0 Å². The molecule has 1 heterocycles. The molecule has 0 aliphatic rings. The Balaban J connectivity index is 2.67. The largest absolute Gasteiger partial charge is 0.310 e. The van der Waals surface area contributed by atoms with E-state index >= 15 is 0 Å². The van der Waals surface area contributed by atoms with Crippen LogP contribution in [0.15, 0.2) is 12.4 Å². The molecule has 0 amide bonds. The highest BCUT2D eigenvalue weighted by Crippen LogP contribution is 2.14. The van der Waals surface area contributed by atoms with E-state index in [0.29, 0.717) is 12.1 Å². The van der Waals surface area contributed by atoms with Gasteiger partial charge in [-0.15, -0.1) is 0 Å². The van der Waals surface area contributed by atoms with Crippen LogP contribution in [0.4, 0.5) is 0 Å². The average Bonchev–Trinajstić information content (AvgIpc) is 2.66. The first-order valence-corrected chi connectivity index (χ1v) is 5.46. The van der Waals surface area contributed by atoms with E-state index in [4.69, 9.17) is 0 Å². The Labute approximate surface area is 86.5 Å². The van der Waals surface area contributed by atoms with Gasteiger partial charge in [-0.1, -0.05) is 13.8 Å². The van der Waals surface area contributed by atoms with Crippen LogP contribution in [0.3, 0.4) is 0 Å². The lowest BCUT2D eigenvalue weighted by Crippen LogP contribution is -2.17. The minimum absolute atomic E-state index is 0.401. The van der Waals surface area contributed by atoms with E-state index in [9.17, 15) is 0 Å². The summed E-state index contributed by atoms with van der Waals surface area (Å²) in [6, 6.07) is 0.899. The van der Waals surface area contributed by atoms with Crippen LogP contribution in [-0.4, -0.2) is 16.3 Å². The van der Waals surface area contributed by atoms with Gasteiger partial charge in [0.2, 0.25) is 0 Å². The molecule has 0 fully saturated rings.